The van der Waals surface area contributed by atoms with Crippen molar-refractivity contribution < 1.29 is 17.6 Å². The third kappa shape index (κ3) is 4.54. The zero-order valence-electron chi connectivity index (χ0n) is 22.7. The fourth-order valence-corrected chi connectivity index (χ4v) is 8.15. The molecule has 0 bridgehead atoms. The number of pyridine rings is 1. The molecular formula is C31H30FN5O3S. The molecule has 2 fully saturated rings. The predicted octanol–water partition coefficient (Wildman–Crippen LogP) is 5.16. The van der Waals surface area contributed by atoms with Crippen LogP contribution in [0.15, 0.2) is 71.7 Å². The van der Waals surface area contributed by atoms with E-state index in [1.165, 1.54) is 18.3 Å². The van der Waals surface area contributed by atoms with Crippen molar-refractivity contribution in [3.05, 3.63) is 95.1 Å². The van der Waals surface area contributed by atoms with Gasteiger partial charge in [-0.1, -0.05) is 5.57 Å². The number of halogens is 1. The van der Waals surface area contributed by atoms with E-state index in [9.17, 15) is 17.6 Å². The fraction of sp³-hybridized carbons (Fsp3) is 0.355. The average molecular weight is 572 g/mol. The summed E-state index contributed by atoms with van der Waals surface area (Å²) in [6.45, 7) is 2.64. The first kappa shape index (κ1) is 26.0. The summed E-state index contributed by atoms with van der Waals surface area (Å²) in [6.07, 6.45) is 12.0. The highest BCUT2D eigenvalue weighted by Gasteiger charge is 2.52. The Morgan fingerprint density at radius 3 is 2.66 bits per heavy atom. The zero-order chi connectivity index (χ0) is 28.4. The smallest absolute Gasteiger partial charge is 0.191 e. The lowest BCUT2D eigenvalue weighted by Gasteiger charge is -2.43. The van der Waals surface area contributed by atoms with E-state index in [0.29, 0.717) is 36.6 Å². The maximum atomic E-state index is 14.4. The molecular weight excluding hydrogens is 541 g/mol. The predicted molar refractivity (Wildman–Crippen MR) is 151 cm³/mol. The van der Waals surface area contributed by atoms with E-state index in [1.807, 2.05) is 19.1 Å². The van der Waals surface area contributed by atoms with Gasteiger partial charge in [0.2, 0.25) is 0 Å². The van der Waals surface area contributed by atoms with Crippen molar-refractivity contribution in [3.8, 4) is 5.69 Å². The van der Waals surface area contributed by atoms with Gasteiger partial charge in [-0.3, -0.25) is 14.5 Å². The Morgan fingerprint density at radius 2 is 1.90 bits per heavy atom. The van der Waals surface area contributed by atoms with E-state index >= 15 is 0 Å². The normalized spacial score (nSPS) is 22.1. The first-order valence-electron chi connectivity index (χ1n) is 14.0. The zero-order valence-corrected chi connectivity index (χ0v) is 23.5. The standard InChI is InChI=1S/C31H30FN5O3S/c1-20-10-11-33-28(12-20)30(38)31-14-22-16-35-37(25-7-5-24(32)6-8-25)29(22)13-23(31)4-9-26(15-31)41(39,40)27-17-34-36(19-27)18-21-2-3-21/h5-8,10-13,16-17,19,21,26H,2-4,9,14-15,18H2,1H3/t26-,31-/m0/s1. The molecule has 8 nitrogen and oxygen atoms in total. The third-order valence-electron chi connectivity index (χ3n) is 8.79. The highest BCUT2D eigenvalue weighted by Crippen LogP contribution is 2.52. The Bertz CT molecular complexity index is 1800. The Labute approximate surface area is 237 Å². The van der Waals surface area contributed by atoms with Crippen LogP contribution in [-0.2, 0) is 22.8 Å². The van der Waals surface area contributed by atoms with Gasteiger partial charge in [0.15, 0.2) is 15.6 Å². The highest BCUT2D eigenvalue weighted by atomic mass is 32.2. The van der Waals surface area contributed by atoms with E-state index in [-0.39, 0.29) is 22.9 Å². The molecule has 1 aromatic carbocycles. The largest absolute Gasteiger partial charge is 0.291 e. The number of hydrogen-bond acceptors (Lipinski definition) is 6. The lowest BCUT2D eigenvalue weighted by atomic mass is 9.61. The van der Waals surface area contributed by atoms with Crippen LogP contribution in [0.25, 0.3) is 11.8 Å². The number of carbonyl (C=O) groups is 1. The van der Waals surface area contributed by atoms with Crippen LogP contribution in [0.3, 0.4) is 0 Å². The molecule has 3 heterocycles. The molecule has 4 aromatic rings. The molecule has 0 aliphatic heterocycles. The van der Waals surface area contributed by atoms with Gasteiger partial charge in [0.25, 0.3) is 0 Å². The molecule has 10 heteroatoms. The molecule has 210 valence electrons. The van der Waals surface area contributed by atoms with Crippen molar-refractivity contribution in [1.29, 1.82) is 0 Å². The number of fused-ring (bicyclic) bond motifs is 2. The summed E-state index contributed by atoms with van der Waals surface area (Å²) in [5, 5.41) is 8.17. The number of nitrogens with zero attached hydrogens (tertiary/aromatic N) is 5. The second-order valence-corrected chi connectivity index (χ2v) is 13.9. The molecule has 7 rings (SSSR count). The minimum absolute atomic E-state index is 0.157. The van der Waals surface area contributed by atoms with E-state index in [1.54, 1.807) is 46.2 Å². The Morgan fingerprint density at radius 1 is 1.10 bits per heavy atom. The van der Waals surface area contributed by atoms with Crippen LogP contribution >= 0.6 is 0 Å². The van der Waals surface area contributed by atoms with E-state index in [2.05, 4.69) is 15.2 Å². The number of rotatable bonds is 7. The van der Waals surface area contributed by atoms with Gasteiger partial charge in [0.1, 0.15) is 16.4 Å². The summed E-state index contributed by atoms with van der Waals surface area (Å²) < 4.78 is 45.0. The summed E-state index contributed by atoms with van der Waals surface area (Å²) in [7, 11) is -3.73. The molecule has 0 radical (unpaired) electrons. The monoisotopic (exact) mass is 571 g/mol. The van der Waals surface area contributed by atoms with Crippen LogP contribution in [0.4, 0.5) is 4.39 Å². The third-order valence-corrected chi connectivity index (χ3v) is 10.9. The first-order valence-corrected chi connectivity index (χ1v) is 15.6. The number of aryl methyl sites for hydroxylation is 1. The van der Waals surface area contributed by atoms with E-state index in [4.69, 9.17) is 0 Å². The summed E-state index contributed by atoms with van der Waals surface area (Å²) in [6, 6.07) is 9.71. The van der Waals surface area contributed by atoms with Gasteiger partial charge in [-0.25, -0.2) is 17.5 Å². The molecule has 0 saturated heterocycles. The fourth-order valence-electron chi connectivity index (χ4n) is 6.37. The van der Waals surface area contributed by atoms with Crippen molar-refractivity contribution in [2.75, 3.05) is 0 Å². The summed E-state index contributed by atoms with van der Waals surface area (Å²) >= 11 is 0. The molecule has 2 atom stereocenters. The molecule has 3 aromatic heterocycles. The maximum Gasteiger partial charge on any atom is 0.191 e. The maximum absolute atomic E-state index is 14.4. The van der Waals surface area contributed by atoms with Crippen molar-refractivity contribution in [3.63, 3.8) is 0 Å². The minimum Gasteiger partial charge on any atom is -0.291 e. The van der Waals surface area contributed by atoms with Crippen LogP contribution in [0.1, 0.15) is 59.4 Å². The Balaban J connectivity index is 1.29. The van der Waals surface area contributed by atoms with Crippen LogP contribution in [0.2, 0.25) is 0 Å². The van der Waals surface area contributed by atoms with Gasteiger partial charge in [-0.15, -0.1) is 0 Å². The molecule has 3 aliphatic rings. The van der Waals surface area contributed by atoms with Gasteiger partial charge in [0, 0.05) is 18.9 Å². The summed E-state index contributed by atoms with van der Waals surface area (Å²) in [5.74, 6) is 0.0702. The summed E-state index contributed by atoms with van der Waals surface area (Å²) in [4.78, 5) is 19.0. The van der Waals surface area contributed by atoms with Gasteiger partial charge in [-0.2, -0.15) is 10.2 Å². The molecule has 2 saturated carbocycles. The van der Waals surface area contributed by atoms with Gasteiger partial charge >= 0.3 is 0 Å². The SMILES string of the molecule is Cc1ccnc(C(=O)[C@]23Cc4cnn(-c5ccc(F)cc5)c4C=C2CC[C@H](S(=O)(=O)c2cnn(CC4CC4)c2)C3)c1. The first-order chi connectivity index (χ1) is 19.7. The van der Waals surface area contributed by atoms with Gasteiger partial charge < -0.3 is 0 Å². The Kier molecular flexibility index (Phi) is 6.08. The summed E-state index contributed by atoms with van der Waals surface area (Å²) in [5.41, 5.74) is 3.45. The highest BCUT2D eigenvalue weighted by molar-refractivity contribution is 7.92. The molecule has 3 aliphatic carbocycles. The number of hydrogen-bond donors (Lipinski definition) is 0. The van der Waals surface area contributed by atoms with Gasteiger partial charge in [-0.05, 0) is 105 Å². The molecule has 0 amide bonds. The van der Waals surface area contributed by atoms with Crippen molar-refractivity contribution in [2.45, 2.75) is 62.1 Å². The number of aromatic nitrogens is 5. The Hall–Kier alpha value is -3.92. The van der Waals surface area contributed by atoms with Crippen LogP contribution in [0, 0.1) is 24.1 Å². The number of sulfone groups is 1. The second-order valence-electron chi connectivity index (χ2n) is 11.7. The van der Waals surface area contributed by atoms with Crippen molar-refractivity contribution in [1.82, 2.24) is 24.5 Å². The number of allylic oxidation sites excluding steroid dienone is 1. The molecule has 0 N–H and O–H groups in total. The molecule has 0 unspecified atom stereocenters. The average Bonchev–Trinajstić information content (AvgIpc) is 3.49. The van der Waals surface area contributed by atoms with Crippen molar-refractivity contribution >= 4 is 21.7 Å². The molecule has 41 heavy (non-hydrogen) atoms. The second kappa shape index (κ2) is 9.58. The minimum atomic E-state index is -3.73. The lowest BCUT2D eigenvalue weighted by molar-refractivity contribution is 0.0796. The lowest BCUT2D eigenvalue weighted by Crippen LogP contribution is -2.45. The van der Waals surface area contributed by atoms with Crippen LogP contribution in [0.5, 0.6) is 0 Å². The van der Waals surface area contributed by atoms with E-state index < -0.39 is 20.5 Å². The number of Topliss-reactive ketones (excluding diaryl/α,β-unsaturated/α-hetero) is 1. The van der Waals surface area contributed by atoms with Gasteiger partial charge in [0.05, 0.1) is 34.4 Å². The molecule has 0 spiro atoms. The van der Waals surface area contributed by atoms with Crippen molar-refractivity contribution in [2.24, 2.45) is 11.3 Å². The quantitative estimate of drug-likeness (QED) is 0.284. The number of carbonyl (C=O) groups excluding carboxylic acids is 1. The number of ketones is 1. The van der Waals surface area contributed by atoms with E-state index in [0.717, 1.165) is 41.8 Å². The van der Waals surface area contributed by atoms with Crippen LogP contribution in [-0.4, -0.2) is 44.0 Å². The van der Waals surface area contributed by atoms with Crippen LogP contribution < -0.4 is 0 Å². The topological polar surface area (TPSA) is 99.7 Å². The number of benzene rings is 1.